The summed E-state index contributed by atoms with van der Waals surface area (Å²) in [6, 6.07) is 0. The largest absolute Gasteiger partial charge is 0.480 e. The summed E-state index contributed by atoms with van der Waals surface area (Å²) in [7, 11) is 0. The third-order valence-corrected chi connectivity index (χ3v) is 3.48. The van der Waals surface area contributed by atoms with Crippen LogP contribution in [-0.4, -0.2) is 45.5 Å². The van der Waals surface area contributed by atoms with Crippen molar-refractivity contribution in [1.82, 2.24) is 4.90 Å². The van der Waals surface area contributed by atoms with Crippen LogP contribution in [0.3, 0.4) is 0 Å². The van der Waals surface area contributed by atoms with E-state index in [4.69, 9.17) is 5.11 Å². The molecule has 0 heterocycles. The maximum atomic E-state index is 11.6. The van der Waals surface area contributed by atoms with E-state index in [1.165, 1.54) is 0 Å². The quantitative estimate of drug-likeness (QED) is 0.754. The minimum Gasteiger partial charge on any atom is -0.480 e. The van der Waals surface area contributed by atoms with Gasteiger partial charge in [-0.25, -0.2) is 0 Å². The van der Waals surface area contributed by atoms with E-state index in [-0.39, 0.29) is 11.7 Å². The molecule has 0 radical (unpaired) electrons. The molecule has 1 N–H and O–H groups in total. The van der Waals surface area contributed by atoms with Crippen LogP contribution in [0.15, 0.2) is 0 Å². The molecule has 0 rings (SSSR count). The Labute approximate surface area is 95.0 Å². The normalized spacial score (nSPS) is 11.2. The van der Waals surface area contributed by atoms with Crippen molar-refractivity contribution in [1.29, 1.82) is 0 Å². The molecule has 0 unspecified atom stereocenters. The molecule has 0 aliphatic heterocycles. The minimum absolute atomic E-state index is 0.000625. The van der Waals surface area contributed by atoms with Crippen LogP contribution >= 0.6 is 11.8 Å². The van der Waals surface area contributed by atoms with Gasteiger partial charge in [0.05, 0.1) is 5.75 Å². The number of amides is 1. The fraction of sp³-hybridized carbons (Fsp3) is 0.800. The Morgan fingerprint density at radius 1 is 1.27 bits per heavy atom. The van der Waals surface area contributed by atoms with Gasteiger partial charge in [-0.1, -0.05) is 0 Å². The number of hydrogen-bond donors (Lipinski definition) is 1. The number of carbonyl (C=O) groups is 2. The molecule has 0 aliphatic rings. The Morgan fingerprint density at radius 2 is 1.73 bits per heavy atom. The lowest BCUT2D eigenvalue weighted by Crippen LogP contribution is -2.35. The maximum Gasteiger partial charge on any atom is 0.319 e. The van der Waals surface area contributed by atoms with Crippen LogP contribution in [0.2, 0.25) is 0 Å². The van der Waals surface area contributed by atoms with E-state index in [1.807, 2.05) is 13.8 Å². The predicted octanol–water partition coefficient (Wildman–Crippen LogP) is 1.45. The van der Waals surface area contributed by atoms with Crippen LogP contribution in [0, 0.1) is 0 Å². The summed E-state index contributed by atoms with van der Waals surface area (Å²) in [5.41, 5.74) is 0. The highest BCUT2D eigenvalue weighted by Crippen LogP contribution is 2.24. The summed E-state index contributed by atoms with van der Waals surface area (Å²) >= 11 is 1.16. The van der Waals surface area contributed by atoms with Gasteiger partial charge in [-0.15, -0.1) is 11.8 Å². The SMILES string of the molecule is CCN(CC)C(=O)CSC(C)(C)C(=O)O. The van der Waals surface area contributed by atoms with Crippen LogP contribution in [0.5, 0.6) is 0 Å². The Bertz CT molecular complexity index is 237. The zero-order chi connectivity index (χ0) is 12.1. The van der Waals surface area contributed by atoms with Crippen LogP contribution < -0.4 is 0 Å². The van der Waals surface area contributed by atoms with Crippen molar-refractivity contribution >= 4 is 23.6 Å². The molecule has 88 valence electrons. The van der Waals surface area contributed by atoms with Crippen molar-refractivity contribution in [2.45, 2.75) is 32.4 Å². The van der Waals surface area contributed by atoms with Gasteiger partial charge in [-0.05, 0) is 27.7 Å². The van der Waals surface area contributed by atoms with Gasteiger partial charge in [0.1, 0.15) is 4.75 Å². The van der Waals surface area contributed by atoms with Gasteiger partial charge in [0.25, 0.3) is 0 Å². The van der Waals surface area contributed by atoms with Gasteiger partial charge in [-0.2, -0.15) is 0 Å². The average Bonchev–Trinajstić information content (AvgIpc) is 2.16. The number of rotatable bonds is 6. The van der Waals surface area contributed by atoms with E-state index in [9.17, 15) is 9.59 Å². The minimum atomic E-state index is -0.900. The number of thioether (sulfide) groups is 1. The van der Waals surface area contributed by atoms with Gasteiger partial charge >= 0.3 is 5.97 Å². The van der Waals surface area contributed by atoms with E-state index in [1.54, 1.807) is 18.7 Å². The molecule has 4 nitrogen and oxygen atoms in total. The second-order valence-electron chi connectivity index (χ2n) is 3.67. The van der Waals surface area contributed by atoms with Crippen LogP contribution in [0.1, 0.15) is 27.7 Å². The summed E-state index contributed by atoms with van der Waals surface area (Å²) in [6.45, 7) is 8.38. The van der Waals surface area contributed by atoms with Gasteiger partial charge < -0.3 is 10.0 Å². The number of hydrogen-bond acceptors (Lipinski definition) is 3. The van der Waals surface area contributed by atoms with Crippen LogP contribution in [-0.2, 0) is 9.59 Å². The number of carboxylic acid groups (broad SMARTS) is 1. The number of carboxylic acids is 1. The molecule has 0 spiro atoms. The Kier molecular flexibility index (Phi) is 5.72. The van der Waals surface area contributed by atoms with Crippen LogP contribution in [0.4, 0.5) is 0 Å². The monoisotopic (exact) mass is 233 g/mol. The van der Waals surface area contributed by atoms with E-state index in [0.29, 0.717) is 13.1 Å². The number of carbonyl (C=O) groups excluding carboxylic acids is 1. The van der Waals surface area contributed by atoms with Gasteiger partial charge in [0, 0.05) is 13.1 Å². The first kappa shape index (κ1) is 14.3. The Morgan fingerprint density at radius 3 is 2.07 bits per heavy atom. The van der Waals surface area contributed by atoms with Crippen molar-refractivity contribution in [2.75, 3.05) is 18.8 Å². The van der Waals surface area contributed by atoms with Gasteiger partial charge in [0.15, 0.2) is 0 Å². The van der Waals surface area contributed by atoms with Crippen molar-refractivity contribution in [2.24, 2.45) is 0 Å². The summed E-state index contributed by atoms with van der Waals surface area (Å²) in [4.78, 5) is 24.1. The first-order chi connectivity index (χ1) is 6.85. The number of aliphatic carboxylic acids is 1. The molecule has 0 aromatic heterocycles. The molecule has 0 fully saturated rings. The highest BCUT2D eigenvalue weighted by atomic mass is 32.2. The second-order valence-corrected chi connectivity index (χ2v) is 5.27. The van der Waals surface area contributed by atoms with Crippen molar-refractivity contribution in [3.63, 3.8) is 0 Å². The molecule has 0 aliphatic carbocycles. The molecule has 0 bridgehead atoms. The van der Waals surface area contributed by atoms with Crippen LogP contribution in [0.25, 0.3) is 0 Å². The fourth-order valence-electron chi connectivity index (χ4n) is 0.971. The summed E-state index contributed by atoms with van der Waals surface area (Å²) in [5, 5.41) is 8.86. The second kappa shape index (κ2) is 6.00. The molecule has 5 heteroatoms. The first-order valence-electron chi connectivity index (χ1n) is 5.00. The first-order valence-corrected chi connectivity index (χ1v) is 5.98. The lowest BCUT2D eigenvalue weighted by molar-refractivity contribution is -0.138. The zero-order valence-corrected chi connectivity index (χ0v) is 10.6. The molecular formula is C10H19NO3S. The average molecular weight is 233 g/mol. The van der Waals surface area contributed by atoms with E-state index in [0.717, 1.165) is 11.8 Å². The predicted molar refractivity (Wildman–Crippen MR) is 62.1 cm³/mol. The molecular weight excluding hydrogens is 214 g/mol. The fourth-order valence-corrected chi connectivity index (χ4v) is 1.76. The molecule has 15 heavy (non-hydrogen) atoms. The third kappa shape index (κ3) is 4.55. The van der Waals surface area contributed by atoms with Crippen molar-refractivity contribution in [3.8, 4) is 0 Å². The zero-order valence-electron chi connectivity index (χ0n) is 9.74. The number of nitrogens with zero attached hydrogens (tertiary/aromatic N) is 1. The maximum absolute atomic E-state index is 11.6. The molecule has 0 saturated heterocycles. The van der Waals surface area contributed by atoms with Gasteiger partial charge in [-0.3, -0.25) is 9.59 Å². The lowest BCUT2D eigenvalue weighted by atomic mass is 10.2. The third-order valence-electron chi connectivity index (χ3n) is 2.19. The summed E-state index contributed by atoms with van der Waals surface area (Å²) in [6.07, 6.45) is 0. The molecule has 0 aromatic rings. The topological polar surface area (TPSA) is 57.6 Å². The highest BCUT2D eigenvalue weighted by molar-refractivity contribution is 8.01. The van der Waals surface area contributed by atoms with Gasteiger partial charge in [0.2, 0.25) is 5.91 Å². The Hall–Kier alpha value is -0.710. The summed E-state index contributed by atoms with van der Waals surface area (Å²) < 4.78 is -0.900. The highest BCUT2D eigenvalue weighted by Gasteiger charge is 2.29. The standard InChI is InChI=1S/C10H19NO3S/c1-5-11(6-2)8(12)7-15-10(3,4)9(13)14/h5-7H2,1-4H3,(H,13,14). The smallest absolute Gasteiger partial charge is 0.319 e. The van der Waals surface area contributed by atoms with E-state index >= 15 is 0 Å². The lowest BCUT2D eigenvalue weighted by Gasteiger charge is -2.22. The Balaban J connectivity index is 4.16. The van der Waals surface area contributed by atoms with Crippen molar-refractivity contribution in [3.05, 3.63) is 0 Å². The van der Waals surface area contributed by atoms with E-state index in [2.05, 4.69) is 0 Å². The molecule has 0 saturated carbocycles. The van der Waals surface area contributed by atoms with Crippen molar-refractivity contribution < 1.29 is 14.7 Å². The molecule has 0 atom stereocenters. The molecule has 1 amide bonds. The van der Waals surface area contributed by atoms with E-state index < -0.39 is 10.7 Å². The molecule has 0 aromatic carbocycles. The summed E-state index contributed by atoms with van der Waals surface area (Å²) in [5.74, 6) is -0.666.